The van der Waals surface area contributed by atoms with Gasteiger partial charge in [0.15, 0.2) is 5.16 Å². The summed E-state index contributed by atoms with van der Waals surface area (Å²) < 4.78 is 7.46. The van der Waals surface area contributed by atoms with Gasteiger partial charge < -0.3 is 10.1 Å². The van der Waals surface area contributed by atoms with Gasteiger partial charge in [-0.1, -0.05) is 42.1 Å². The van der Waals surface area contributed by atoms with Crippen LogP contribution in [0.2, 0.25) is 0 Å². The van der Waals surface area contributed by atoms with Gasteiger partial charge >= 0.3 is 0 Å². The Morgan fingerprint density at radius 2 is 1.85 bits per heavy atom. The molecule has 0 aliphatic heterocycles. The molecule has 1 amide bonds. The molecule has 4 aromatic rings. The van der Waals surface area contributed by atoms with E-state index in [0.29, 0.717) is 28.5 Å². The highest BCUT2D eigenvalue weighted by Gasteiger charge is 2.15. The van der Waals surface area contributed by atoms with Crippen LogP contribution in [0.3, 0.4) is 0 Å². The molecular formula is C25H25N3O3S2. The molecule has 8 heteroatoms. The van der Waals surface area contributed by atoms with Gasteiger partial charge in [-0.3, -0.25) is 14.2 Å². The SMILES string of the molecule is COc1ccc(CNC(=O)CSc2nc3ccsc3c(=O)n2Cc2ccc(C)c(C)c2)cc1. The molecule has 33 heavy (non-hydrogen) atoms. The first-order chi connectivity index (χ1) is 15.9. The molecule has 4 rings (SSSR count). The zero-order valence-electron chi connectivity index (χ0n) is 18.8. The minimum atomic E-state index is -0.117. The lowest BCUT2D eigenvalue weighted by atomic mass is 10.1. The number of ether oxygens (including phenoxy) is 1. The highest BCUT2D eigenvalue weighted by atomic mass is 32.2. The third-order valence-corrected chi connectivity index (χ3v) is 7.29. The minimum absolute atomic E-state index is 0.0747. The summed E-state index contributed by atoms with van der Waals surface area (Å²) in [6.07, 6.45) is 0. The summed E-state index contributed by atoms with van der Waals surface area (Å²) in [5.74, 6) is 0.830. The number of nitrogens with one attached hydrogen (secondary N) is 1. The van der Waals surface area contributed by atoms with Crippen molar-refractivity contribution in [1.29, 1.82) is 0 Å². The molecule has 0 aliphatic carbocycles. The zero-order chi connectivity index (χ0) is 23.4. The van der Waals surface area contributed by atoms with Crippen LogP contribution in [-0.2, 0) is 17.9 Å². The van der Waals surface area contributed by atoms with E-state index in [1.54, 1.807) is 11.7 Å². The quantitative estimate of drug-likeness (QED) is 0.297. The largest absolute Gasteiger partial charge is 0.497 e. The summed E-state index contributed by atoms with van der Waals surface area (Å²) >= 11 is 2.67. The van der Waals surface area contributed by atoms with Crippen LogP contribution in [-0.4, -0.2) is 28.3 Å². The van der Waals surface area contributed by atoms with E-state index in [0.717, 1.165) is 16.9 Å². The van der Waals surface area contributed by atoms with E-state index in [9.17, 15) is 9.59 Å². The van der Waals surface area contributed by atoms with Gasteiger partial charge in [0.1, 0.15) is 10.4 Å². The number of hydrogen-bond acceptors (Lipinski definition) is 6. The Bertz CT molecular complexity index is 1340. The van der Waals surface area contributed by atoms with E-state index >= 15 is 0 Å². The number of aryl methyl sites for hydroxylation is 2. The molecular weight excluding hydrogens is 454 g/mol. The van der Waals surface area contributed by atoms with Gasteiger partial charge in [0.2, 0.25) is 5.91 Å². The van der Waals surface area contributed by atoms with Crippen molar-refractivity contribution in [2.45, 2.75) is 32.1 Å². The van der Waals surface area contributed by atoms with E-state index in [1.807, 2.05) is 41.8 Å². The van der Waals surface area contributed by atoms with Crippen LogP contribution >= 0.6 is 23.1 Å². The number of benzene rings is 2. The predicted molar refractivity (Wildman–Crippen MR) is 134 cm³/mol. The summed E-state index contributed by atoms with van der Waals surface area (Å²) in [4.78, 5) is 30.4. The van der Waals surface area contributed by atoms with Crippen molar-refractivity contribution in [2.24, 2.45) is 0 Å². The molecule has 6 nitrogen and oxygen atoms in total. The molecule has 2 aromatic heterocycles. The summed E-state index contributed by atoms with van der Waals surface area (Å²) in [5.41, 5.74) is 5.00. The molecule has 0 radical (unpaired) electrons. The smallest absolute Gasteiger partial charge is 0.272 e. The molecule has 0 atom stereocenters. The molecule has 170 valence electrons. The summed E-state index contributed by atoms with van der Waals surface area (Å²) in [6, 6.07) is 15.6. The number of rotatable bonds is 8. The maximum absolute atomic E-state index is 13.2. The Labute approximate surface area is 200 Å². The normalized spacial score (nSPS) is 11.0. The highest BCUT2D eigenvalue weighted by molar-refractivity contribution is 7.99. The second-order valence-corrected chi connectivity index (χ2v) is 9.61. The molecule has 1 N–H and O–H groups in total. The van der Waals surface area contributed by atoms with Crippen LogP contribution in [0.5, 0.6) is 5.75 Å². The lowest BCUT2D eigenvalue weighted by molar-refractivity contribution is -0.118. The van der Waals surface area contributed by atoms with Gasteiger partial charge in [0, 0.05) is 6.54 Å². The van der Waals surface area contributed by atoms with Crippen molar-refractivity contribution in [1.82, 2.24) is 14.9 Å². The van der Waals surface area contributed by atoms with Crippen molar-refractivity contribution >= 4 is 39.2 Å². The average molecular weight is 480 g/mol. The molecule has 0 bridgehead atoms. The Kier molecular flexibility index (Phi) is 7.15. The number of thiophene rings is 1. The number of methoxy groups -OCH3 is 1. The van der Waals surface area contributed by atoms with Crippen LogP contribution < -0.4 is 15.6 Å². The van der Waals surface area contributed by atoms with Gasteiger partial charge in [0.05, 0.1) is 24.9 Å². The Hall–Kier alpha value is -3.10. The van der Waals surface area contributed by atoms with Crippen molar-refractivity contribution in [3.63, 3.8) is 0 Å². The van der Waals surface area contributed by atoms with Gasteiger partial charge in [-0.25, -0.2) is 4.98 Å². The summed E-state index contributed by atoms with van der Waals surface area (Å²) in [6.45, 7) is 4.97. The number of fused-ring (bicyclic) bond motifs is 1. The molecule has 0 unspecified atom stereocenters. The Morgan fingerprint density at radius 3 is 2.58 bits per heavy atom. The van der Waals surface area contributed by atoms with Crippen LogP contribution in [0, 0.1) is 13.8 Å². The fourth-order valence-electron chi connectivity index (χ4n) is 3.38. The zero-order valence-corrected chi connectivity index (χ0v) is 20.4. The molecule has 0 saturated heterocycles. The van der Waals surface area contributed by atoms with Crippen molar-refractivity contribution in [3.8, 4) is 5.75 Å². The number of carbonyl (C=O) groups excluding carboxylic acids is 1. The first-order valence-corrected chi connectivity index (χ1v) is 12.4. The molecule has 0 aliphatic rings. The Morgan fingerprint density at radius 1 is 1.09 bits per heavy atom. The topological polar surface area (TPSA) is 73.2 Å². The lowest BCUT2D eigenvalue weighted by Gasteiger charge is -2.13. The first kappa shape index (κ1) is 23.1. The highest BCUT2D eigenvalue weighted by Crippen LogP contribution is 2.22. The fraction of sp³-hybridized carbons (Fsp3) is 0.240. The van der Waals surface area contributed by atoms with Crippen molar-refractivity contribution in [3.05, 3.63) is 86.5 Å². The summed E-state index contributed by atoms with van der Waals surface area (Å²) in [7, 11) is 1.62. The molecule has 0 saturated carbocycles. The second kappa shape index (κ2) is 10.2. The van der Waals surface area contributed by atoms with Gasteiger partial charge in [-0.2, -0.15) is 0 Å². The monoisotopic (exact) mass is 479 g/mol. The van der Waals surface area contributed by atoms with Gasteiger partial charge in [-0.15, -0.1) is 11.3 Å². The maximum Gasteiger partial charge on any atom is 0.272 e. The van der Waals surface area contributed by atoms with Crippen LogP contribution in [0.1, 0.15) is 22.3 Å². The van der Waals surface area contributed by atoms with E-state index in [2.05, 4.69) is 36.3 Å². The number of carbonyl (C=O) groups is 1. The second-order valence-electron chi connectivity index (χ2n) is 7.75. The van der Waals surface area contributed by atoms with Crippen molar-refractivity contribution in [2.75, 3.05) is 12.9 Å². The third kappa shape index (κ3) is 5.46. The van der Waals surface area contributed by atoms with Gasteiger partial charge in [0.25, 0.3) is 5.56 Å². The standard InChI is InChI=1S/C25H25N3O3S2/c1-16-4-5-19(12-17(16)2)14-28-24(30)23-21(10-11-32-23)27-25(28)33-15-22(29)26-13-18-6-8-20(31-3)9-7-18/h4-12H,13-15H2,1-3H3,(H,26,29). The first-order valence-electron chi connectivity index (χ1n) is 10.5. The molecule has 0 fully saturated rings. The molecule has 2 heterocycles. The number of hydrogen-bond donors (Lipinski definition) is 1. The lowest BCUT2D eigenvalue weighted by Crippen LogP contribution is -2.26. The number of amides is 1. The van der Waals surface area contributed by atoms with Crippen LogP contribution in [0.15, 0.2) is 63.9 Å². The minimum Gasteiger partial charge on any atom is -0.497 e. The third-order valence-electron chi connectivity index (χ3n) is 5.42. The molecule has 2 aromatic carbocycles. The Balaban J connectivity index is 1.49. The number of aromatic nitrogens is 2. The van der Waals surface area contributed by atoms with E-state index in [1.165, 1.54) is 34.2 Å². The molecule has 0 spiro atoms. The van der Waals surface area contributed by atoms with Crippen LogP contribution in [0.4, 0.5) is 0 Å². The van der Waals surface area contributed by atoms with Gasteiger partial charge in [-0.05, 0) is 59.7 Å². The number of nitrogens with zero attached hydrogens (tertiary/aromatic N) is 2. The maximum atomic E-state index is 13.2. The van der Waals surface area contributed by atoms with E-state index in [-0.39, 0.29) is 17.2 Å². The van der Waals surface area contributed by atoms with E-state index < -0.39 is 0 Å². The fourth-order valence-corrected chi connectivity index (χ4v) is 4.99. The number of thioether (sulfide) groups is 1. The van der Waals surface area contributed by atoms with E-state index in [4.69, 9.17) is 4.74 Å². The summed E-state index contributed by atoms with van der Waals surface area (Å²) in [5, 5.41) is 5.34. The predicted octanol–water partition coefficient (Wildman–Crippen LogP) is 4.54. The van der Waals surface area contributed by atoms with Crippen molar-refractivity contribution < 1.29 is 9.53 Å². The average Bonchev–Trinajstić information content (AvgIpc) is 3.30. The van der Waals surface area contributed by atoms with Crippen LogP contribution in [0.25, 0.3) is 10.2 Å².